The number of nitro groups is 1. The second-order valence-corrected chi connectivity index (χ2v) is 10.4. The normalized spacial score (nSPS) is 11.6. The van der Waals surface area contributed by atoms with Crippen LogP contribution in [0.2, 0.25) is 0 Å². The number of aryl methyl sites for hydroxylation is 1. The number of rotatable bonds is 10. The molecule has 0 N–H and O–H groups in total. The van der Waals surface area contributed by atoms with Crippen molar-refractivity contribution >= 4 is 32.6 Å². The van der Waals surface area contributed by atoms with Gasteiger partial charge in [-0.2, -0.15) is 4.31 Å². The van der Waals surface area contributed by atoms with Crippen molar-refractivity contribution in [2.45, 2.75) is 31.7 Å². The summed E-state index contributed by atoms with van der Waals surface area (Å²) in [6.45, 7) is 3.65. The Labute approximate surface area is 214 Å². The fourth-order valence-corrected chi connectivity index (χ4v) is 5.51. The highest BCUT2D eigenvalue weighted by Crippen LogP contribution is 2.30. The lowest BCUT2D eigenvalue weighted by molar-refractivity contribution is -0.384. The van der Waals surface area contributed by atoms with Crippen LogP contribution < -0.4 is 0 Å². The van der Waals surface area contributed by atoms with Crippen LogP contribution in [-0.2, 0) is 27.7 Å². The fourth-order valence-electron chi connectivity index (χ4n) is 4.06. The van der Waals surface area contributed by atoms with Gasteiger partial charge in [-0.1, -0.05) is 42.5 Å². The fraction of sp³-hybridized carbons (Fsp3) is 0.222. The Kier molecular flexibility index (Phi) is 7.70. The number of nitro benzene ring substituents is 1. The summed E-state index contributed by atoms with van der Waals surface area (Å²) in [4.78, 5) is 23.0. The highest BCUT2D eigenvalue weighted by atomic mass is 32.2. The first-order valence-corrected chi connectivity index (χ1v) is 13.1. The van der Waals surface area contributed by atoms with Gasteiger partial charge in [-0.25, -0.2) is 13.2 Å². The number of sulfonamides is 1. The molecule has 4 rings (SSSR count). The van der Waals surface area contributed by atoms with Gasteiger partial charge in [-0.15, -0.1) is 0 Å². The molecule has 1 aromatic heterocycles. The number of carbonyl (C=O) groups is 1. The molecule has 0 atom stereocenters. The summed E-state index contributed by atoms with van der Waals surface area (Å²) >= 11 is 0. The van der Waals surface area contributed by atoms with E-state index in [0.29, 0.717) is 28.5 Å². The Morgan fingerprint density at radius 3 is 2.46 bits per heavy atom. The molecule has 9 nitrogen and oxygen atoms in total. The van der Waals surface area contributed by atoms with Gasteiger partial charge in [0, 0.05) is 36.2 Å². The molecule has 0 bridgehead atoms. The van der Waals surface area contributed by atoms with Crippen molar-refractivity contribution in [1.82, 2.24) is 4.31 Å². The number of benzene rings is 3. The number of fused-ring (bicyclic) bond motifs is 1. The van der Waals surface area contributed by atoms with Gasteiger partial charge in [-0.3, -0.25) is 10.1 Å². The molecule has 1 heterocycles. The van der Waals surface area contributed by atoms with E-state index in [-0.39, 0.29) is 36.0 Å². The molecule has 0 radical (unpaired) electrons. The number of furan rings is 1. The molecule has 10 heteroatoms. The zero-order valence-electron chi connectivity index (χ0n) is 20.4. The lowest BCUT2D eigenvalue weighted by Gasteiger charge is -2.22. The van der Waals surface area contributed by atoms with E-state index in [9.17, 15) is 23.3 Å². The monoisotopic (exact) mass is 522 g/mol. The predicted molar refractivity (Wildman–Crippen MR) is 138 cm³/mol. The van der Waals surface area contributed by atoms with Crippen molar-refractivity contribution in [2.75, 3.05) is 13.2 Å². The Hall–Kier alpha value is -4.02. The molecule has 0 aliphatic rings. The number of esters is 1. The van der Waals surface area contributed by atoms with Crippen molar-refractivity contribution in [3.05, 3.63) is 105 Å². The average Bonchev–Trinajstić information content (AvgIpc) is 3.23. The summed E-state index contributed by atoms with van der Waals surface area (Å²) < 4.78 is 39.7. The Bertz CT molecular complexity index is 1550. The molecular formula is C27H26N2O7S. The van der Waals surface area contributed by atoms with Crippen LogP contribution in [0.3, 0.4) is 0 Å². The molecule has 0 aliphatic heterocycles. The van der Waals surface area contributed by atoms with E-state index in [0.717, 1.165) is 5.56 Å². The van der Waals surface area contributed by atoms with Gasteiger partial charge in [0.05, 0.1) is 16.4 Å². The maximum absolute atomic E-state index is 13.8. The molecule has 0 aliphatic carbocycles. The molecule has 0 spiro atoms. The van der Waals surface area contributed by atoms with Crippen molar-refractivity contribution < 1.29 is 27.3 Å². The second-order valence-electron chi connectivity index (χ2n) is 8.44. The Morgan fingerprint density at radius 2 is 1.76 bits per heavy atom. The largest absolute Gasteiger partial charge is 0.460 e. The summed E-state index contributed by atoms with van der Waals surface area (Å²) in [5.41, 5.74) is 2.20. The number of non-ortho nitro benzene ring substituents is 1. The number of carbonyl (C=O) groups excluding carboxylic acids is 1. The zero-order chi connectivity index (χ0) is 26.6. The van der Waals surface area contributed by atoms with Crippen LogP contribution in [-0.4, -0.2) is 36.8 Å². The zero-order valence-corrected chi connectivity index (χ0v) is 21.2. The van der Waals surface area contributed by atoms with Crippen LogP contribution >= 0.6 is 0 Å². The Morgan fingerprint density at radius 1 is 1.03 bits per heavy atom. The summed E-state index contributed by atoms with van der Waals surface area (Å²) in [7, 11) is -4.03. The van der Waals surface area contributed by atoms with Crippen LogP contribution in [0.15, 0.2) is 82.1 Å². The van der Waals surface area contributed by atoms with Crippen LogP contribution in [0.1, 0.15) is 34.2 Å². The third-order valence-corrected chi connectivity index (χ3v) is 7.82. The van der Waals surface area contributed by atoms with Gasteiger partial charge in [0.1, 0.15) is 5.58 Å². The third kappa shape index (κ3) is 5.71. The first-order valence-electron chi connectivity index (χ1n) is 11.7. The number of nitrogens with zero attached hydrogens (tertiary/aromatic N) is 2. The SMILES string of the molecule is CCOC(=O)c1oc2ccc(S(=O)(=O)N(CCc3ccccc3)Cc3cccc([N+](=O)[O-])c3)cc2c1C. The smallest absolute Gasteiger partial charge is 0.374 e. The van der Waals surface area contributed by atoms with Gasteiger partial charge < -0.3 is 9.15 Å². The first-order chi connectivity index (χ1) is 17.7. The van der Waals surface area contributed by atoms with Gasteiger partial charge in [0.2, 0.25) is 15.8 Å². The van der Waals surface area contributed by atoms with Gasteiger partial charge >= 0.3 is 5.97 Å². The van der Waals surface area contributed by atoms with Crippen molar-refractivity contribution in [1.29, 1.82) is 0 Å². The molecule has 0 saturated heterocycles. The quantitative estimate of drug-likeness (QED) is 0.158. The minimum absolute atomic E-state index is 0.0257. The van der Waals surface area contributed by atoms with E-state index in [1.807, 2.05) is 30.3 Å². The molecule has 192 valence electrons. The maximum atomic E-state index is 13.8. The van der Waals surface area contributed by atoms with Crippen molar-refractivity contribution in [3.8, 4) is 0 Å². The van der Waals surface area contributed by atoms with Crippen molar-refractivity contribution in [2.24, 2.45) is 0 Å². The van der Waals surface area contributed by atoms with Crippen LogP contribution in [0.4, 0.5) is 5.69 Å². The van der Waals surface area contributed by atoms with Crippen molar-refractivity contribution in [3.63, 3.8) is 0 Å². The average molecular weight is 523 g/mol. The molecule has 0 saturated carbocycles. The number of hydrogen-bond acceptors (Lipinski definition) is 7. The van der Waals surface area contributed by atoms with Crippen LogP contribution in [0.25, 0.3) is 11.0 Å². The van der Waals surface area contributed by atoms with Crippen LogP contribution in [0.5, 0.6) is 0 Å². The lowest BCUT2D eigenvalue weighted by atomic mass is 10.1. The maximum Gasteiger partial charge on any atom is 0.374 e. The van der Waals surface area contributed by atoms with E-state index < -0.39 is 20.9 Å². The summed E-state index contributed by atoms with van der Waals surface area (Å²) in [6, 6.07) is 19.8. The standard InChI is InChI=1S/C27H26N2O7S/c1-3-35-27(30)26-19(2)24-17-23(12-13-25(24)36-26)37(33,34)28(15-14-20-8-5-4-6-9-20)18-21-10-7-11-22(16-21)29(31)32/h4-13,16-17H,3,14-15,18H2,1-2H3. The van der Waals surface area contributed by atoms with Gasteiger partial charge in [0.25, 0.3) is 5.69 Å². The van der Waals surface area contributed by atoms with E-state index in [4.69, 9.17) is 9.15 Å². The van der Waals surface area contributed by atoms with E-state index in [1.54, 1.807) is 19.9 Å². The molecule has 0 unspecified atom stereocenters. The second kappa shape index (κ2) is 10.9. The molecular weight excluding hydrogens is 496 g/mol. The highest BCUT2D eigenvalue weighted by Gasteiger charge is 2.27. The molecule has 4 aromatic rings. The van der Waals surface area contributed by atoms with E-state index >= 15 is 0 Å². The Balaban J connectivity index is 1.71. The first kappa shape index (κ1) is 26.1. The molecule has 37 heavy (non-hydrogen) atoms. The number of hydrogen-bond donors (Lipinski definition) is 0. The molecule has 0 amide bonds. The topological polar surface area (TPSA) is 120 Å². The third-order valence-electron chi connectivity index (χ3n) is 5.98. The van der Waals surface area contributed by atoms with E-state index in [2.05, 4.69) is 0 Å². The van der Waals surface area contributed by atoms with Gasteiger partial charge in [0.15, 0.2) is 0 Å². The summed E-state index contributed by atoms with van der Waals surface area (Å²) in [6.07, 6.45) is 0.453. The lowest BCUT2D eigenvalue weighted by Crippen LogP contribution is -2.32. The molecule has 0 fully saturated rings. The summed E-state index contributed by atoms with van der Waals surface area (Å²) in [5, 5.41) is 11.7. The van der Waals surface area contributed by atoms with E-state index in [1.165, 1.54) is 40.7 Å². The highest BCUT2D eigenvalue weighted by molar-refractivity contribution is 7.89. The van der Waals surface area contributed by atoms with Gasteiger partial charge in [-0.05, 0) is 49.6 Å². The molecule has 3 aromatic carbocycles. The number of ether oxygens (including phenoxy) is 1. The summed E-state index contributed by atoms with van der Waals surface area (Å²) in [5.74, 6) is -0.584. The van der Waals surface area contributed by atoms with Crippen LogP contribution in [0, 0.1) is 17.0 Å². The predicted octanol–water partition coefficient (Wildman–Crippen LogP) is 5.26. The minimum atomic E-state index is -4.03. The minimum Gasteiger partial charge on any atom is -0.460 e.